The zero-order chi connectivity index (χ0) is 12.9. The van der Waals surface area contributed by atoms with Gasteiger partial charge in [0.05, 0.1) is 5.52 Å². The molecule has 3 nitrogen and oxygen atoms in total. The molecule has 1 aromatic heterocycles. The van der Waals surface area contributed by atoms with Gasteiger partial charge in [-0.05, 0) is 22.9 Å². The van der Waals surface area contributed by atoms with E-state index >= 15 is 0 Å². The molecular formula is C16H13NO2. The molecule has 94 valence electrons. The van der Waals surface area contributed by atoms with Crippen LogP contribution in [0.1, 0.15) is 0 Å². The van der Waals surface area contributed by atoms with Gasteiger partial charge in [-0.25, -0.2) is 0 Å². The fourth-order valence-corrected chi connectivity index (χ4v) is 2.03. The summed E-state index contributed by atoms with van der Waals surface area (Å²) >= 11 is 0. The molecule has 3 aromatic rings. The minimum atomic E-state index is 0.860. The van der Waals surface area contributed by atoms with E-state index in [0.717, 1.165) is 21.7 Å². The summed E-state index contributed by atoms with van der Waals surface area (Å²) in [5.74, 6) is 0. The molecule has 0 aliphatic heterocycles. The number of hydrogen-bond acceptors (Lipinski definition) is 2. The molecule has 0 amide bonds. The summed E-state index contributed by atoms with van der Waals surface area (Å²) in [6, 6.07) is 21.9. The van der Waals surface area contributed by atoms with Gasteiger partial charge in [0.15, 0.2) is 0 Å². The van der Waals surface area contributed by atoms with Crippen LogP contribution in [0.25, 0.3) is 21.7 Å². The van der Waals surface area contributed by atoms with E-state index < -0.39 is 0 Å². The molecular weight excluding hydrogens is 238 g/mol. The number of fused-ring (bicyclic) bond motifs is 3. The van der Waals surface area contributed by atoms with Gasteiger partial charge in [-0.2, -0.15) is 9.84 Å². The maximum absolute atomic E-state index is 4.94. The normalized spacial score (nSPS) is 10.1. The monoisotopic (exact) mass is 251 g/mol. The van der Waals surface area contributed by atoms with Gasteiger partial charge in [0.25, 0.3) is 0 Å². The van der Waals surface area contributed by atoms with Crippen molar-refractivity contribution in [2.75, 3.05) is 0 Å². The smallest absolute Gasteiger partial charge is 0.145 e. The van der Waals surface area contributed by atoms with Crippen LogP contribution in [0.4, 0.5) is 0 Å². The Morgan fingerprint density at radius 3 is 2.26 bits per heavy atom. The van der Waals surface area contributed by atoms with Gasteiger partial charge in [0, 0.05) is 5.39 Å². The van der Waals surface area contributed by atoms with E-state index in [1.165, 1.54) is 6.26 Å². The Hall–Kier alpha value is -2.68. The maximum atomic E-state index is 4.94. The molecule has 3 heteroatoms. The standard InChI is InChI=1S/C16H13NO2/c1-2-9-14-13(7-1)8-5-6-12-18-19-17-16-11-4-3-10-15(14)16/h1-12,17H. The molecule has 0 saturated carbocycles. The number of nitrogens with one attached hydrogen (secondary N) is 1. The number of para-hydroxylation sites is 1. The van der Waals surface area contributed by atoms with Crippen LogP contribution < -0.4 is 0 Å². The topological polar surface area (TPSA) is 42.1 Å². The minimum absolute atomic E-state index is 0.860. The highest BCUT2D eigenvalue weighted by Crippen LogP contribution is 2.20. The Balaban J connectivity index is 2.58. The number of aromatic nitrogens is 1. The van der Waals surface area contributed by atoms with Crippen LogP contribution in [0, 0.1) is 0 Å². The number of hydrogen-bond donors (Lipinski definition) is 1. The molecule has 0 fully saturated rings. The lowest BCUT2D eigenvalue weighted by Crippen LogP contribution is -1.74. The summed E-state index contributed by atoms with van der Waals surface area (Å²) < 4.78 is 9.81. The summed E-state index contributed by atoms with van der Waals surface area (Å²) in [5, 5.41) is 6.15. The second-order valence-corrected chi connectivity index (χ2v) is 4.10. The van der Waals surface area contributed by atoms with Gasteiger partial charge in [-0.3, -0.25) is 4.58 Å². The highest BCUT2D eigenvalue weighted by Gasteiger charge is 1.95. The van der Waals surface area contributed by atoms with Crippen molar-refractivity contribution in [3.63, 3.8) is 0 Å². The first-order valence-corrected chi connectivity index (χ1v) is 6.05. The molecule has 0 spiro atoms. The molecule has 0 bridgehead atoms. The van der Waals surface area contributed by atoms with Crippen molar-refractivity contribution < 1.29 is 9.26 Å². The first-order valence-electron chi connectivity index (χ1n) is 6.05. The third-order valence-corrected chi connectivity index (χ3v) is 2.90. The summed E-state index contributed by atoms with van der Waals surface area (Å²) in [6.45, 7) is 0. The highest BCUT2D eigenvalue weighted by molar-refractivity contribution is 6.03. The Labute approximate surface area is 110 Å². The van der Waals surface area contributed by atoms with Crippen molar-refractivity contribution in [1.82, 2.24) is 5.16 Å². The molecule has 19 heavy (non-hydrogen) atoms. The van der Waals surface area contributed by atoms with Crippen LogP contribution in [-0.4, -0.2) is 5.16 Å². The molecule has 0 aliphatic carbocycles. The van der Waals surface area contributed by atoms with Gasteiger partial charge in [-0.1, -0.05) is 54.6 Å². The SMILES string of the molecule is c1ccc2ccccc2c2ccccc2[nH]ooc1. The zero-order valence-electron chi connectivity index (χ0n) is 10.2. The van der Waals surface area contributed by atoms with E-state index in [0.29, 0.717) is 0 Å². The van der Waals surface area contributed by atoms with E-state index in [1.807, 2.05) is 48.5 Å². The highest BCUT2D eigenvalue weighted by atomic mass is 17.0. The van der Waals surface area contributed by atoms with E-state index in [-0.39, 0.29) is 0 Å². The molecule has 0 radical (unpaired) electrons. The first kappa shape index (κ1) is 11.4. The molecule has 1 N–H and O–H groups in total. The van der Waals surface area contributed by atoms with Crippen molar-refractivity contribution in [3.8, 4) is 0 Å². The van der Waals surface area contributed by atoms with Gasteiger partial charge >= 0.3 is 0 Å². The van der Waals surface area contributed by atoms with Crippen molar-refractivity contribution in [3.05, 3.63) is 73.0 Å². The summed E-state index contributed by atoms with van der Waals surface area (Å²) in [7, 11) is 0. The van der Waals surface area contributed by atoms with Gasteiger partial charge < -0.3 is 0 Å². The largest absolute Gasteiger partial charge is 0.277 e. The maximum Gasteiger partial charge on any atom is 0.145 e. The van der Waals surface area contributed by atoms with E-state index in [1.54, 1.807) is 6.07 Å². The first-order chi connectivity index (χ1) is 9.45. The number of benzene rings is 2. The second kappa shape index (κ2) is 5.31. The van der Waals surface area contributed by atoms with E-state index in [2.05, 4.69) is 17.3 Å². The summed E-state index contributed by atoms with van der Waals surface area (Å²) in [5.41, 5.74) is 0.860. The van der Waals surface area contributed by atoms with E-state index in [9.17, 15) is 0 Å². The van der Waals surface area contributed by atoms with Gasteiger partial charge in [0.2, 0.25) is 0 Å². The Kier molecular flexibility index (Phi) is 3.19. The number of rotatable bonds is 0. The lowest BCUT2D eigenvalue weighted by atomic mass is 10.1. The summed E-state index contributed by atoms with van der Waals surface area (Å²) in [4.78, 5) is 0. The molecule has 0 atom stereocenters. The van der Waals surface area contributed by atoms with Crippen LogP contribution in [0.5, 0.6) is 0 Å². The second-order valence-electron chi connectivity index (χ2n) is 4.10. The fraction of sp³-hybridized carbons (Fsp3) is 0. The third kappa shape index (κ3) is 2.45. The molecule has 1 heterocycles. The lowest BCUT2D eigenvalue weighted by molar-refractivity contribution is -0.00717. The molecule has 0 unspecified atom stereocenters. The fourth-order valence-electron chi connectivity index (χ4n) is 2.03. The molecule has 2 aromatic carbocycles. The molecule has 0 saturated heterocycles. The van der Waals surface area contributed by atoms with Crippen LogP contribution in [0.15, 0.2) is 82.3 Å². The van der Waals surface area contributed by atoms with Crippen LogP contribution in [-0.2, 0) is 0 Å². The Bertz CT molecular complexity index is 726. The predicted octanol–water partition coefficient (Wildman–Crippen LogP) is 4.76. The van der Waals surface area contributed by atoms with Crippen molar-refractivity contribution in [2.45, 2.75) is 0 Å². The Morgan fingerprint density at radius 2 is 1.37 bits per heavy atom. The predicted molar refractivity (Wildman–Crippen MR) is 75.6 cm³/mol. The van der Waals surface area contributed by atoms with Crippen LogP contribution >= 0.6 is 0 Å². The van der Waals surface area contributed by atoms with Crippen molar-refractivity contribution in [1.29, 1.82) is 0 Å². The molecule has 3 rings (SSSR count). The Morgan fingerprint density at radius 1 is 0.684 bits per heavy atom. The molecule has 0 aliphatic rings. The number of H-pyrrole nitrogens is 1. The quantitative estimate of drug-likeness (QED) is 0.585. The van der Waals surface area contributed by atoms with Gasteiger partial charge in [0.1, 0.15) is 6.26 Å². The third-order valence-electron chi connectivity index (χ3n) is 2.90. The number of aromatic amines is 1. The van der Waals surface area contributed by atoms with Crippen molar-refractivity contribution >= 4 is 21.7 Å². The average Bonchev–Trinajstić information content (AvgIpc) is 2.50. The minimum Gasteiger partial charge on any atom is -0.277 e. The average molecular weight is 251 g/mol. The van der Waals surface area contributed by atoms with Gasteiger partial charge in [-0.15, -0.1) is 0 Å². The van der Waals surface area contributed by atoms with Crippen LogP contribution in [0.3, 0.4) is 0 Å². The summed E-state index contributed by atoms with van der Waals surface area (Å²) in [6.07, 6.45) is 1.47. The zero-order valence-corrected chi connectivity index (χ0v) is 10.2. The van der Waals surface area contributed by atoms with Crippen LogP contribution in [0.2, 0.25) is 0 Å². The van der Waals surface area contributed by atoms with E-state index in [4.69, 9.17) is 9.26 Å². The lowest BCUT2D eigenvalue weighted by Gasteiger charge is -1.97. The van der Waals surface area contributed by atoms with Crippen molar-refractivity contribution in [2.24, 2.45) is 0 Å².